The van der Waals surface area contributed by atoms with Crippen LogP contribution in [0.4, 0.5) is 0 Å². The first-order valence-corrected chi connectivity index (χ1v) is 6.34. The van der Waals surface area contributed by atoms with Gasteiger partial charge in [0, 0.05) is 12.0 Å². The van der Waals surface area contributed by atoms with Crippen molar-refractivity contribution in [1.29, 1.82) is 0 Å². The van der Waals surface area contributed by atoms with Gasteiger partial charge in [-0.2, -0.15) is 0 Å². The number of rotatable bonds is 4. The fraction of sp³-hybridized carbons (Fsp3) is 0.875. The molecule has 6 heteroatoms. The highest BCUT2D eigenvalue weighted by atomic mass is 32.2. The number of primary sulfonamides is 1. The van der Waals surface area contributed by atoms with Crippen molar-refractivity contribution >= 4 is 15.9 Å². The summed E-state index contributed by atoms with van der Waals surface area (Å²) in [7, 11) is -3.47. The molecule has 1 fully saturated rings. The molecule has 0 aromatic rings. The van der Waals surface area contributed by atoms with Gasteiger partial charge in [-0.05, 0) is 12.8 Å². The molecule has 1 rings (SSSR count). The third-order valence-corrected chi connectivity index (χ3v) is 3.45. The minimum Gasteiger partial charge on any atom is -0.355 e. The maximum atomic E-state index is 11.5. The van der Waals surface area contributed by atoms with E-state index in [0.29, 0.717) is 0 Å². The summed E-state index contributed by atoms with van der Waals surface area (Å²) in [5, 5.41) is 7.38. The monoisotopic (exact) mass is 220 g/mol. The molecule has 1 aliphatic rings. The van der Waals surface area contributed by atoms with Crippen molar-refractivity contribution < 1.29 is 13.2 Å². The number of nitrogens with one attached hydrogen (secondary N) is 1. The lowest BCUT2D eigenvalue weighted by Crippen LogP contribution is -2.45. The van der Waals surface area contributed by atoms with Gasteiger partial charge in [0.15, 0.2) is 0 Å². The fourth-order valence-corrected chi connectivity index (χ4v) is 1.84. The molecule has 0 saturated heterocycles. The van der Waals surface area contributed by atoms with Gasteiger partial charge in [0.05, 0.1) is 5.75 Å². The number of amides is 1. The number of nitrogens with two attached hydrogens (primary N) is 1. The topological polar surface area (TPSA) is 89.3 Å². The lowest BCUT2D eigenvalue weighted by molar-refractivity contribution is -0.134. The Bertz CT molecular complexity index is 319. The van der Waals surface area contributed by atoms with E-state index >= 15 is 0 Å². The molecule has 0 unspecified atom stereocenters. The van der Waals surface area contributed by atoms with Crippen LogP contribution in [0.5, 0.6) is 0 Å². The van der Waals surface area contributed by atoms with E-state index in [1.807, 2.05) is 6.92 Å². The normalized spacial score (nSPS) is 19.9. The second-order valence-electron chi connectivity index (χ2n) is 4.04. The Morgan fingerprint density at radius 3 is 2.43 bits per heavy atom. The smallest absolute Gasteiger partial charge is 0.225 e. The van der Waals surface area contributed by atoms with Gasteiger partial charge in [-0.1, -0.05) is 13.3 Å². The molecule has 0 atom stereocenters. The van der Waals surface area contributed by atoms with Gasteiger partial charge in [-0.15, -0.1) is 0 Å². The molecule has 1 saturated carbocycles. The van der Waals surface area contributed by atoms with Crippen molar-refractivity contribution in [1.82, 2.24) is 5.32 Å². The lowest BCUT2D eigenvalue weighted by Gasteiger charge is -2.36. The highest BCUT2D eigenvalue weighted by molar-refractivity contribution is 7.89. The second kappa shape index (κ2) is 3.86. The molecular weight excluding hydrogens is 204 g/mol. The summed E-state index contributed by atoms with van der Waals surface area (Å²) in [6.07, 6.45) is 2.83. The van der Waals surface area contributed by atoms with Crippen molar-refractivity contribution in [2.45, 2.75) is 26.2 Å². The molecule has 0 radical (unpaired) electrons. The summed E-state index contributed by atoms with van der Waals surface area (Å²) in [5.41, 5.74) is -0.279. The second-order valence-corrected chi connectivity index (χ2v) is 5.77. The largest absolute Gasteiger partial charge is 0.355 e. The number of hydrogen-bond donors (Lipinski definition) is 2. The molecule has 0 aromatic heterocycles. The Labute approximate surface area is 84.1 Å². The molecular formula is C8H16N2O3S. The van der Waals surface area contributed by atoms with Gasteiger partial charge >= 0.3 is 0 Å². The van der Waals surface area contributed by atoms with Gasteiger partial charge in [-0.25, -0.2) is 13.6 Å². The predicted octanol–water partition coefficient (Wildman–Crippen LogP) is -0.419. The molecule has 3 N–H and O–H groups in total. The van der Waals surface area contributed by atoms with Crippen LogP contribution in [0.3, 0.4) is 0 Å². The van der Waals surface area contributed by atoms with Crippen LogP contribution < -0.4 is 10.5 Å². The third kappa shape index (κ3) is 2.95. The average Bonchev–Trinajstić information content (AvgIpc) is 1.97. The van der Waals surface area contributed by atoms with Crippen molar-refractivity contribution in [2.24, 2.45) is 10.6 Å². The molecule has 82 valence electrons. The van der Waals surface area contributed by atoms with Crippen molar-refractivity contribution in [3.8, 4) is 0 Å². The number of carbonyl (C=O) groups is 1. The first kappa shape index (κ1) is 11.5. The number of sulfonamides is 1. The molecule has 0 heterocycles. The van der Waals surface area contributed by atoms with Gasteiger partial charge < -0.3 is 5.32 Å². The van der Waals surface area contributed by atoms with Crippen LogP contribution in [0.2, 0.25) is 0 Å². The van der Waals surface area contributed by atoms with Crippen LogP contribution in [0.25, 0.3) is 0 Å². The Morgan fingerprint density at radius 1 is 1.50 bits per heavy atom. The van der Waals surface area contributed by atoms with E-state index in [4.69, 9.17) is 5.14 Å². The van der Waals surface area contributed by atoms with Crippen LogP contribution in [0.1, 0.15) is 26.2 Å². The summed E-state index contributed by atoms with van der Waals surface area (Å²) in [5.74, 6) is -0.262. The van der Waals surface area contributed by atoms with Gasteiger partial charge in [0.1, 0.15) is 0 Å². The maximum Gasteiger partial charge on any atom is 0.225 e. The zero-order chi connectivity index (χ0) is 10.8. The Morgan fingerprint density at radius 2 is 2.07 bits per heavy atom. The Kier molecular flexibility index (Phi) is 3.16. The molecule has 0 spiro atoms. The lowest BCUT2D eigenvalue weighted by atomic mass is 9.70. The van der Waals surface area contributed by atoms with E-state index in [-0.39, 0.29) is 23.6 Å². The standard InChI is InChI=1S/C8H16N2O3S/c1-8(3-2-4-8)7(11)10-5-6-14(9,12)13/h2-6H2,1H3,(H,10,11)(H2,9,12,13). The first-order valence-electron chi connectivity index (χ1n) is 4.62. The minimum atomic E-state index is -3.47. The van der Waals surface area contributed by atoms with Gasteiger partial charge in [-0.3, -0.25) is 4.79 Å². The molecule has 0 aromatic carbocycles. The minimum absolute atomic E-state index is 0.0626. The van der Waals surface area contributed by atoms with Crippen molar-refractivity contribution in [2.75, 3.05) is 12.3 Å². The summed E-state index contributed by atoms with van der Waals surface area (Å²) in [6, 6.07) is 0. The van der Waals surface area contributed by atoms with Crippen molar-refractivity contribution in [3.63, 3.8) is 0 Å². The highest BCUT2D eigenvalue weighted by Crippen LogP contribution is 2.40. The maximum absolute atomic E-state index is 11.5. The summed E-state index contributed by atoms with van der Waals surface area (Å²) >= 11 is 0. The Hall–Kier alpha value is -0.620. The van der Waals surface area contributed by atoms with Gasteiger partial charge in [0.25, 0.3) is 0 Å². The van der Waals surface area contributed by atoms with E-state index in [9.17, 15) is 13.2 Å². The fourth-order valence-electron chi connectivity index (χ4n) is 1.45. The molecule has 1 amide bonds. The summed E-state index contributed by atoms with van der Waals surface area (Å²) in [4.78, 5) is 11.5. The zero-order valence-electron chi connectivity index (χ0n) is 8.25. The third-order valence-electron chi connectivity index (χ3n) is 2.68. The van der Waals surface area contributed by atoms with E-state index in [2.05, 4.69) is 5.32 Å². The molecule has 5 nitrogen and oxygen atoms in total. The van der Waals surface area contributed by atoms with Crippen LogP contribution in [-0.4, -0.2) is 26.6 Å². The first-order chi connectivity index (χ1) is 6.33. The summed E-state index contributed by atoms with van der Waals surface area (Å²) in [6.45, 7) is 2.00. The SMILES string of the molecule is CC1(C(=O)NCCS(N)(=O)=O)CCC1. The van der Waals surface area contributed by atoms with E-state index in [1.165, 1.54) is 0 Å². The van der Waals surface area contributed by atoms with E-state index in [1.54, 1.807) is 0 Å². The zero-order valence-corrected chi connectivity index (χ0v) is 9.06. The van der Waals surface area contributed by atoms with Crippen LogP contribution in [-0.2, 0) is 14.8 Å². The van der Waals surface area contributed by atoms with Gasteiger partial charge in [0.2, 0.25) is 15.9 Å². The predicted molar refractivity (Wildman–Crippen MR) is 52.9 cm³/mol. The molecule has 14 heavy (non-hydrogen) atoms. The molecule has 0 aliphatic heterocycles. The van der Waals surface area contributed by atoms with Crippen LogP contribution >= 0.6 is 0 Å². The molecule has 0 bridgehead atoms. The van der Waals surface area contributed by atoms with E-state index in [0.717, 1.165) is 19.3 Å². The van der Waals surface area contributed by atoms with Crippen LogP contribution in [0.15, 0.2) is 0 Å². The Balaban J connectivity index is 2.29. The van der Waals surface area contributed by atoms with Crippen molar-refractivity contribution in [3.05, 3.63) is 0 Å². The number of carbonyl (C=O) groups excluding carboxylic acids is 1. The quantitative estimate of drug-likeness (QED) is 0.674. The highest BCUT2D eigenvalue weighted by Gasteiger charge is 2.38. The summed E-state index contributed by atoms with van der Waals surface area (Å²) < 4.78 is 21.1. The number of hydrogen-bond acceptors (Lipinski definition) is 3. The van der Waals surface area contributed by atoms with Crippen LogP contribution in [0, 0.1) is 5.41 Å². The molecule has 1 aliphatic carbocycles. The average molecular weight is 220 g/mol. The van der Waals surface area contributed by atoms with E-state index < -0.39 is 10.0 Å².